The molecule has 2 aliphatic heterocycles. The predicted molar refractivity (Wildman–Crippen MR) is 160 cm³/mol. The van der Waals surface area contributed by atoms with Crippen molar-refractivity contribution in [1.29, 1.82) is 0 Å². The van der Waals surface area contributed by atoms with Crippen LogP contribution in [0.5, 0.6) is 5.75 Å². The topological polar surface area (TPSA) is 111 Å². The van der Waals surface area contributed by atoms with Gasteiger partial charge in [-0.2, -0.15) is 0 Å². The SMILES string of the molecule is CC(=O)OC[C@@]1(CBr)S[C@@H]2C(NC(=O)COc3ccccc3)C(=O)N2[C@H]1C(=O)OC(c1ccccc1)c1ccccc1. The number of carbonyl (C=O) groups excluding carboxylic acids is 4. The Bertz CT molecular complexity index is 1390. The molecule has 2 fully saturated rings. The number of alkyl halides is 1. The van der Waals surface area contributed by atoms with E-state index in [1.165, 1.54) is 23.6 Å². The zero-order valence-corrected chi connectivity index (χ0v) is 25.1. The van der Waals surface area contributed by atoms with E-state index in [0.717, 1.165) is 11.1 Å². The number of fused-ring (bicyclic) bond motifs is 1. The van der Waals surface area contributed by atoms with Crippen LogP contribution in [-0.2, 0) is 28.7 Å². The summed E-state index contributed by atoms with van der Waals surface area (Å²) < 4.78 is 16.0. The second-order valence-electron chi connectivity index (χ2n) is 9.92. The number of β-lactam (4-membered cyclic amide) rings is 1. The average Bonchev–Trinajstić information content (AvgIpc) is 3.33. The molecule has 4 atom stereocenters. The van der Waals surface area contributed by atoms with Crippen molar-refractivity contribution in [2.24, 2.45) is 0 Å². The normalized spacial score (nSPS) is 22.6. The van der Waals surface area contributed by atoms with Crippen LogP contribution in [0.4, 0.5) is 0 Å². The fourth-order valence-corrected chi connectivity index (χ4v) is 7.56. The lowest BCUT2D eigenvalue weighted by molar-refractivity contribution is -0.168. The Morgan fingerprint density at radius 2 is 1.52 bits per heavy atom. The van der Waals surface area contributed by atoms with E-state index < -0.39 is 52.1 Å². The van der Waals surface area contributed by atoms with Gasteiger partial charge in [0.25, 0.3) is 5.91 Å². The monoisotopic (exact) mass is 652 g/mol. The van der Waals surface area contributed by atoms with Crippen LogP contribution >= 0.6 is 27.7 Å². The van der Waals surface area contributed by atoms with Gasteiger partial charge >= 0.3 is 11.9 Å². The molecular formula is C31H29BrN2O7S. The smallest absolute Gasteiger partial charge is 0.331 e. The number of nitrogens with zero attached hydrogens (tertiary/aromatic N) is 1. The van der Waals surface area contributed by atoms with Crippen molar-refractivity contribution in [1.82, 2.24) is 10.2 Å². The number of thioether (sulfide) groups is 1. The molecule has 2 saturated heterocycles. The van der Waals surface area contributed by atoms with Gasteiger partial charge in [-0.15, -0.1) is 11.8 Å². The molecule has 218 valence electrons. The lowest BCUT2D eigenvalue weighted by Gasteiger charge is -2.44. The minimum Gasteiger partial charge on any atom is -0.484 e. The number of esters is 2. The summed E-state index contributed by atoms with van der Waals surface area (Å²) in [6.45, 7) is 0.868. The van der Waals surface area contributed by atoms with Gasteiger partial charge in [0.2, 0.25) is 5.91 Å². The predicted octanol–water partition coefficient (Wildman–Crippen LogP) is 3.86. The van der Waals surface area contributed by atoms with Crippen LogP contribution in [0.15, 0.2) is 91.0 Å². The van der Waals surface area contributed by atoms with Crippen LogP contribution in [0, 0.1) is 0 Å². The summed E-state index contributed by atoms with van der Waals surface area (Å²) in [6.07, 6.45) is -0.729. The van der Waals surface area contributed by atoms with Gasteiger partial charge in [0.1, 0.15) is 29.8 Å². The summed E-state index contributed by atoms with van der Waals surface area (Å²) in [5.41, 5.74) is 1.53. The highest BCUT2D eigenvalue weighted by Crippen LogP contribution is 2.53. The number of hydrogen-bond acceptors (Lipinski definition) is 8. The first-order valence-electron chi connectivity index (χ1n) is 13.3. The Morgan fingerprint density at radius 3 is 2.07 bits per heavy atom. The van der Waals surface area contributed by atoms with E-state index >= 15 is 0 Å². The largest absolute Gasteiger partial charge is 0.484 e. The molecule has 11 heteroatoms. The Morgan fingerprint density at radius 1 is 0.952 bits per heavy atom. The number of hydrogen-bond donors (Lipinski definition) is 1. The number of rotatable bonds is 11. The molecule has 0 bridgehead atoms. The van der Waals surface area contributed by atoms with Crippen molar-refractivity contribution in [2.45, 2.75) is 35.2 Å². The summed E-state index contributed by atoms with van der Waals surface area (Å²) in [5, 5.41) is 2.38. The summed E-state index contributed by atoms with van der Waals surface area (Å²) in [6, 6.07) is 25.6. The lowest BCUT2D eigenvalue weighted by Crippen LogP contribution is -2.71. The number of benzene rings is 3. The van der Waals surface area contributed by atoms with E-state index in [1.807, 2.05) is 66.7 Å². The maximum absolute atomic E-state index is 14.0. The van der Waals surface area contributed by atoms with Crippen LogP contribution in [-0.4, -0.2) is 69.4 Å². The standard InChI is InChI=1S/C31H29BrN2O7S/c1-20(35)40-19-31(18-32)27(30(38)41-26(21-11-5-2-6-12-21)22-13-7-3-8-14-22)34-28(37)25(29(34)42-31)33-24(36)17-39-23-15-9-4-10-16-23/h2-16,25-27,29H,17-19H2,1H3,(H,33,36)/t25?,27-,29+,31+/m0/s1. The fourth-order valence-electron chi connectivity index (χ4n) is 5.03. The van der Waals surface area contributed by atoms with Gasteiger partial charge in [-0.25, -0.2) is 4.79 Å². The fraction of sp³-hybridized carbons (Fsp3) is 0.290. The Balaban J connectivity index is 1.38. The molecular weight excluding hydrogens is 624 g/mol. The molecule has 1 unspecified atom stereocenters. The number of nitrogens with one attached hydrogen (secondary N) is 1. The Labute approximate surface area is 256 Å². The Hall–Kier alpha value is -3.83. The number of carbonyl (C=O) groups is 4. The highest BCUT2D eigenvalue weighted by molar-refractivity contribution is 9.09. The molecule has 42 heavy (non-hydrogen) atoms. The maximum Gasteiger partial charge on any atom is 0.331 e. The second kappa shape index (κ2) is 13.0. The quantitative estimate of drug-likeness (QED) is 0.189. The summed E-state index contributed by atoms with van der Waals surface area (Å²) in [4.78, 5) is 53.4. The highest BCUT2D eigenvalue weighted by Gasteiger charge is 2.68. The number of ether oxygens (including phenoxy) is 3. The van der Waals surface area contributed by atoms with E-state index in [1.54, 1.807) is 24.3 Å². The third-order valence-electron chi connectivity index (χ3n) is 7.05. The van der Waals surface area contributed by atoms with E-state index in [0.29, 0.717) is 5.75 Å². The lowest BCUT2D eigenvalue weighted by atomic mass is 9.94. The third-order valence-corrected chi connectivity index (χ3v) is 10.1. The van der Waals surface area contributed by atoms with Crippen molar-refractivity contribution >= 4 is 51.4 Å². The van der Waals surface area contributed by atoms with Crippen molar-refractivity contribution in [3.05, 3.63) is 102 Å². The van der Waals surface area contributed by atoms with Crippen molar-refractivity contribution in [3.63, 3.8) is 0 Å². The molecule has 2 heterocycles. The maximum atomic E-state index is 14.0. The number of amides is 2. The molecule has 9 nitrogen and oxygen atoms in total. The van der Waals surface area contributed by atoms with Crippen LogP contribution in [0.25, 0.3) is 0 Å². The van der Waals surface area contributed by atoms with Gasteiger partial charge < -0.3 is 24.4 Å². The van der Waals surface area contributed by atoms with Gasteiger partial charge in [-0.05, 0) is 23.3 Å². The zero-order valence-electron chi connectivity index (χ0n) is 22.7. The average molecular weight is 654 g/mol. The molecule has 3 aromatic rings. The molecule has 1 N–H and O–H groups in total. The minimum absolute atomic E-state index is 0.141. The molecule has 2 aliphatic rings. The van der Waals surface area contributed by atoms with E-state index in [9.17, 15) is 19.2 Å². The summed E-state index contributed by atoms with van der Waals surface area (Å²) >= 11 is 4.81. The highest BCUT2D eigenvalue weighted by atomic mass is 79.9. The van der Waals surface area contributed by atoms with E-state index in [4.69, 9.17) is 14.2 Å². The van der Waals surface area contributed by atoms with Crippen molar-refractivity contribution < 1.29 is 33.4 Å². The zero-order chi connectivity index (χ0) is 29.7. The van der Waals surface area contributed by atoms with Gasteiger partial charge in [0, 0.05) is 12.3 Å². The minimum atomic E-state index is -1.08. The first-order chi connectivity index (χ1) is 20.3. The van der Waals surface area contributed by atoms with Crippen molar-refractivity contribution in [2.75, 3.05) is 18.5 Å². The molecule has 2 amide bonds. The van der Waals surface area contributed by atoms with Crippen LogP contribution in [0.3, 0.4) is 0 Å². The molecule has 0 saturated carbocycles. The van der Waals surface area contributed by atoms with Crippen LogP contribution in [0.1, 0.15) is 24.2 Å². The summed E-state index contributed by atoms with van der Waals surface area (Å²) in [7, 11) is 0. The number of halogens is 1. The molecule has 3 aromatic carbocycles. The van der Waals surface area contributed by atoms with Crippen LogP contribution < -0.4 is 10.1 Å². The first-order valence-corrected chi connectivity index (χ1v) is 15.3. The van der Waals surface area contributed by atoms with Crippen molar-refractivity contribution in [3.8, 4) is 5.75 Å². The molecule has 5 rings (SSSR count). The summed E-state index contributed by atoms with van der Waals surface area (Å²) in [5.74, 6) is -1.53. The molecule has 0 spiro atoms. The van der Waals surface area contributed by atoms with Gasteiger partial charge in [0.05, 0.1) is 4.75 Å². The van der Waals surface area contributed by atoms with E-state index in [-0.39, 0.29) is 18.5 Å². The first kappa shape index (κ1) is 29.7. The van der Waals surface area contributed by atoms with E-state index in [2.05, 4.69) is 21.2 Å². The van der Waals surface area contributed by atoms with Gasteiger partial charge in [-0.1, -0.05) is 94.8 Å². The van der Waals surface area contributed by atoms with Gasteiger partial charge in [-0.3, -0.25) is 14.4 Å². The van der Waals surface area contributed by atoms with Crippen LogP contribution in [0.2, 0.25) is 0 Å². The third kappa shape index (κ3) is 6.17. The molecule has 0 aliphatic carbocycles. The second-order valence-corrected chi connectivity index (χ2v) is 12.0. The van der Waals surface area contributed by atoms with Gasteiger partial charge in [0.15, 0.2) is 12.7 Å². The molecule has 0 aromatic heterocycles. The molecule has 0 radical (unpaired) electrons. The number of para-hydroxylation sites is 1. The Kier molecular flexibility index (Phi) is 9.18.